The van der Waals surface area contributed by atoms with Gasteiger partial charge in [0.1, 0.15) is 0 Å². The van der Waals surface area contributed by atoms with E-state index in [1.807, 2.05) is 0 Å². The Labute approximate surface area is 138 Å². The average molecular weight is 330 g/mol. The Bertz CT molecular complexity index is 735. The van der Waals surface area contributed by atoms with Crippen molar-refractivity contribution in [3.63, 3.8) is 0 Å². The molecule has 0 saturated carbocycles. The molecule has 0 aliphatic carbocycles. The molecule has 0 radical (unpaired) electrons. The van der Waals surface area contributed by atoms with Crippen LogP contribution in [0.3, 0.4) is 0 Å². The number of thiocarbonyl (C=S) groups is 1. The summed E-state index contributed by atoms with van der Waals surface area (Å²) in [5, 5.41) is 3.91. The summed E-state index contributed by atoms with van der Waals surface area (Å²) in [7, 11) is 1.48. The average Bonchev–Trinajstić information content (AvgIpc) is 2.56. The first-order valence-corrected chi connectivity index (χ1v) is 6.89. The normalized spacial score (nSPS) is 10.3. The van der Waals surface area contributed by atoms with Gasteiger partial charge < -0.3 is 15.2 Å². The zero-order valence-electron chi connectivity index (χ0n) is 12.2. The summed E-state index contributed by atoms with van der Waals surface area (Å²) in [5.74, 6) is 0.197. The zero-order chi connectivity index (χ0) is 16.7. The maximum Gasteiger partial charge on any atom is 0.343 e. The molecule has 1 aromatic heterocycles. The van der Waals surface area contributed by atoms with Crippen LogP contribution < -0.4 is 20.6 Å². The molecule has 2 aromatic rings. The molecule has 0 saturated heterocycles. The van der Waals surface area contributed by atoms with Crippen LogP contribution in [0, 0.1) is 0 Å². The Morgan fingerprint density at radius 3 is 2.70 bits per heavy atom. The number of esters is 1. The van der Waals surface area contributed by atoms with Crippen molar-refractivity contribution in [3.8, 4) is 11.5 Å². The number of rotatable bonds is 5. The maximum atomic E-state index is 12.0. The number of carbonyl (C=O) groups excluding carboxylic acids is 1. The highest BCUT2D eigenvalue weighted by Crippen LogP contribution is 2.28. The number of nitrogens with zero attached hydrogens (tertiary/aromatic N) is 2. The minimum Gasteiger partial charge on any atom is -0.493 e. The van der Waals surface area contributed by atoms with Crippen molar-refractivity contribution in [2.75, 3.05) is 7.11 Å². The Hall–Kier alpha value is -3.00. The predicted molar refractivity (Wildman–Crippen MR) is 89.7 cm³/mol. The fraction of sp³-hybridized carbons (Fsp3) is 0.0667. The number of benzene rings is 1. The number of hydrogen-bond acceptors (Lipinski definition) is 6. The van der Waals surface area contributed by atoms with Gasteiger partial charge in [-0.1, -0.05) is 0 Å². The summed E-state index contributed by atoms with van der Waals surface area (Å²) in [6.45, 7) is 0. The quantitative estimate of drug-likeness (QED) is 0.282. The van der Waals surface area contributed by atoms with E-state index >= 15 is 0 Å². The summed E-state index contributed by atoms with van der Waals surface area (Å²) in [6.07, 6.45) is 4.54. The molecule has 0 atom stereocenters. The van der Waals surface area contributed by atoms with Crippen molar-refractivity contribution in [2.24, 2.45) is 10.8 Å². The van der Waals surface area contributed by atoms with E-state index in [2.05, 4.69) is 27.7 Å². The lowest BCUT2D eigenvalue weighted by molar-refractivity contribution is 0.0729. The molecule has 23 heavy (non-hydrogen) atoms. The lowest BCUT2D eigenvalue weighted by Crippen LogP contribution is -2.23. The number of carbonyl (C=O) groups is 1. The van der Waals surface area contributed by atoms with Gasteiger partial charge in [-0.3, -0.25) is 10.4 Å². The van der Waals surface area contributed by atoms with E-state index in [0.717, 1.165) is 0 Å². The third kappa shape index (κ3) is 4.75. The third-order valence-corrected chi connectivity index (χ3v) is 2.79. The van der Waals surface area contributed by atoms with Gasteiger partial charge in [0, 0.05) is 12.4 Å². The summed E-state index contributed by atoms with van der Waals surface area (Å²) in [5.41, 5.74) is 8.83. The SMILES string of the molecule is COc1cc(/C=N/NC(N)=S)ccc1OC(=O)c1ccncc1. The second kappa shape index (κ2) is 7.85. The lowest BCUT2D eigenvalue weighted by Gasteiger charge is -2.09. The molecule has 1 aromatic carbocycles. The van der Waals surface area contributed by atoms with Crippen LogP contribution in [0.5, 0.6) is 11.5 Å². The summed E-state index contributed by atoms with van der Waals surface area (Å²) in [6, 6.07) is 8.12. The minimum atomic E-state index is -0.498. The second-order valence-corrected chi connectivity index (χ2v) is 4.71. The molecule has 0 fully saturated rings. The molecule has 8 heteroatoms. The molecule has 1 heterocycles. The molecule has 2 rings (SSSR count). The van der Waals surface area contributed by atoms with Crippen molar-refractivity contribution < 1.29 is 14.3 Å². The molecule has 0 aliphatic heterocycles. The largest absolute Gasteiger partial charge is 0.493 e. The van der Waals surface area contributed by atoms with E-state index in [1.165, 1.54) is 25.7 Å². The van der Waals surface area contributed by atoms with Gasteiger partial charge in [0.05, 0.1) is 18.9 Å². The number of nitrogens with one attached hydrogen (secondary N) is 1. The number of pyridine rings is 1. The smallest absolute Gasteiger partial charge is 0.343 e. The molecular formula is C15H14N4O3S. The fourth-order valence-corrected chi connectivity index (χ4v) is 1.72. The van der Waals surface area contributed by atoms with Crippen LogP contribution in [0.25, 0.3) is 0 Å². The van der Waals surface area contributed by atoms with Crippen molar-refractivity contribution in [1.82, 2.24) is 10.4 Å². The molecule has 0 unspecified atom stereocenters. The van der Waals surface area contributed by atoms with Crippen LogP contribution in [0.1, 0.15) is 15.9 Å². The first-order chi connectivity index (χ1) is 11.1. The molecule has 7 nitrogen and oxygen atoms in total. The van der Waals surface area contributed by atoms with Crippen molar-refractivity contribution >= 4 is 29.5 Å². The van der Waals surface area contributed by atoms with Gasteiger partial charge >= 0.3 is 5.97 Å². The minimum absolute atomic E-state index is 0.0658. The number of hydrazone groups is 1. The Morgan fingerprint density at radius 1 is 1.30 bits per heavy atom. The highest BCUT2D eigenvalue weighted by atomic mass is 32.1. The van der Waals surface area contributed by atoms with E-state index in [4.69, 9.17) is 15.2 Å². The van der Waals surface area contributed by atoms with Crippen LogP contribution in [0.2, 0.25) is 0 Å². The first kappa shape index (κ1) is 16.4. The van der Waals surface area contributed by atoms with E-state index in [1.54, 1.807) is 30.3 Å². The zero-order valence-corrected chi connectivity index (χ0v) is 13.0. The van der Waals surface area contributed by atoms with Gasteiger partial charge in [0.15, 0.2) is 16.6 Å². The van der Waals surface area contributed by atoms with Crippen LogP contribution >= 0.6 is 12.2 Å². The molecule has 0 spiro atoms. The number of hydrogen-bond donors (Lipinski definition) is 2. The highest BCUT2D eigenvalue weighted by molar-refractivity contribution is 7.80. The van der Waals surface area contributed by atoms with Crippen molar-refractivity contribution in [3.05, 3.63) is 53.9 Å². The highest BCUT2D eigenvalue weighted by Gasteiger charge is 2.12. The molecule has 118 valence electrons. The van der Waals surface area contributed by atoms with Gasteiger partial charge in [-0.25, -0.2) is 4.79 Å². The monoisotopic (exact) mass is 330 g/mol. The van der Waals surface area contributed by atoms with Crippen LogP contribution in [-0.4, -0.2) is 29.4 Å². The van der Waals surface area contributed by atoms with Gasteiger partial charge in [-0.15, -0.1) is 0 Å². The molecule has 0 aliphatic rings. The molecular weight excluding hydrogens is 316 g/mol. The van der Waals surface area contributed by atoms with E-state index in [-0.39, 0.29) is 5.11 Å². The van der Waals surface area contributed by atoms with E-state index in [9.17, 15) is 4.79 Å². The summed E-state index contributed by atoms with van der Waals surface area (Å²) < 4.78 is 10.6. The lowest BCUT2D eigenvalue weighted by atomic mass is 10.2. The van der Waals surface area contributed by atoms with Crippen LogP contribution in [0.4, 0.5) is 0 Å². The first-order valence-electron chi connectivity index (χ1n) is 6.49. The number of methoxy groups -OCH3 is 1. The standard InChI is InChI=1S/C15H14N4O3S/c1-21-13-8-10(9-18-19-15(16)23)2-3-12(13)22-14(20)11-4-6-17-7-5-11/h2-9H,1H3,(H3,16,19,23)/b18-9+. The second-order valence-electron chi connectivity index (χ2n) is 4.27. The number of nitrogens with two attached hydrogens (primary N) is 1. The van der Waals surface area contributed by atoms with Crippen LogP contribution in [-0.2, 0) is 0 Å². The number of aromatic nitrogens is 1. The molecule has 3 N–H and O–H groups in total. The van der Waals surface area contributed by atoms with Crippen LogP contribution in [0.15, 0.2) is 47.8 Å². The topological polar surface area (TPSA) is 98.8 Å². The van der Waals surface area contributed by atoms with Gasteiger partial charge in [0.25, 0.3) is 0 Å². The van der Waals surface area contributed by atoms with Crippen molar-refractivity contribution in [2.45, 2.75) is 0 Å². The third-order valence-electron chi connectivity index (χ3n) is 2.69. The molecule has 0 bridgehead atoms. The summed E-state index contributed by atoms with van der Waals surface area (Å²) >= 11 is 4.64. The molecule has 0 amide bonds. The Morgan fingerprint density at radius 2 is 2.04 bits per heavy atom. The van der Waals surface area contributed by atoms with Crippen molar-refractivity contribution in [1.29, 1.82) is 0 Å². The Kier molecular flexibility index (Phi) is 5.59. The van der Waals surface area contributed by atoms with E-state index < -0.39 is 5.97 Å². The Balaban J connectivity index is 2.15. The van der Waals surface area contributed by atoms with Gasteiger partial charge in [-0.05, 0) is 48.1 Å². The maximum absolute atomic E-state index is 12.0. The number of ether oxygens (including phenoxy) is 2. The predicted octanol–water partition coefficient (Wildman–Crippen LogP) is 1.48. The van der Waals surface area contributed by atoms with Gasteiger partial charge in [-0.2, -0.15) is 5.10 Å². The van der Waals surface area contributed by atoms with E-state index in [0.29, 0.717) is 22.6 Å². The summed E-state index contributed by atoms with van der Waals surface area (Å²) in [4.78, 5) is 15.9. The fourth-order valence-electron chi connectivity index (χ4n) is 1.67. The van der Waals surface area contributed by atoms with Gasteiger partial charge in [0.2, 0.25) is 0 Å².